The minimum atomic E-state index is -2.31. The second-order valence-electron chi connectivity index (χ2n) is 6.62. The lowest BCUT2D eigenvalue weighted by Crippen LogP contribution is -2.60. The van der Waals surface area contributed by atoms with Gasteiger partial charge in [-0.2, -0.15) is 0 Å². The predicted octanol–water partition coefficient (Wildman–Crippen LogP) is 2.66. The molecule has 1 aliphatic carbocycles. The largest absolute Gasteiger partial charge is 0.333 e. The van der Waals surface area contributed by atoms with Crippen LogP contribution in [0.1, 0.15) is 62.6 Å². The van der Waals surface area contributed by atoms with Gasteiger partial charge in [-0.3, -0.25) is 4.79 Å². The van der Waals surface area contributed by atoms with Gasteiger partial charge in [0, 0.05) is 37.4 Å². The molecule has 6 rings (SSSR count). The van der Waals surface area contributed by atoms with Gasteiger partial charge in [0.05, 0.1) is 2.74 Å². The highest BCUT2D eigenvalue weighted by Gasteiger charge is 2.43. The Morgan fingerprint density at radius 3 is 3.18 bits per heavy atom. The van der Waals surface area contributed by atoms with Gasteiger partial charge in [0.1, 0.15) is 0 Å². The highest BCUT2D eigenvalue weighted by atomic mass is 16.2. The van der Waals surface area contributed by atoms with Crippen LogP contribution in [-0.2, 0) is 6.42 Å². The summed E-state index contributed by atoms with van der Waals surface area (Å²) in [6, 6.07) is 4.46. The van der Waals surface area contributed by atoms with Crippen LogP contribution in [-0.4, -0.2) is 47.8 Å². The van der Waals surface area contributed by atoms with E-state index >= 15 is 0 Å². The number of carbonyl (C=O) groups is 1. The molecule has 0 radical (unpaired) electrons. The molecule has 0 aromatic heterocycles. The molecule has 3 nitrogen and oxygen atoms in total. The number of rotatable bonds is 1. The van der Waals surface area contributed by atoms with E-state index in [-0.39, 0.29) is 6.54 Å². The summed E-state index contributed by atoms with van der Waals surface area (Å²) >= 11 is 0. The van der Waals surface area contributed by atoms with E-state index < -0.39 is 43.1 Å². The molecule has 0 spiro atoms. The molecule has 1 aromatic carbocycles. The van der Waals surface area contributed by atoms with E-state index in [1.165, 1.54) is 4.90 Å². The Labute approximate surface area is 142 Å². The Morgan fingerprint density at radius 2 is 2.27 bits per heavy atom. The molecule has 4 atom stereocenters. The first-order valence-corrected chi connectivity index (χ1v) is 8.16. The van der Waals surface area contributed by atoms with Crippen LogP contribution >= 0.6 is 0 Å². The molecule has 5 aliphatic rings. The molecular formula is C19H24N2O. The van der Waals surface area contributed by atoms with Gasteiger partial charge in [-0.25, -0.2) is 0 Å². The normalized spacial score (nSPS) is 51.3. The van der Waals surface area contributed by atoms with E-state index in [0.717, 1.165) is 16.9 Å². The molecule has 22 heavy (non-hydrogen) atoms. The molecule has 1 amide bonds. The van der Waals surface area contributed by atoms with Crippen LogP contribution < -0.4 is 0 Å². The zero-order valence-electron chi connectivity index (χ0n) is 19.4. The number of carbonyl (C=O) groups excluding carboxylic acids is 1. The van der Waals surface area contributed by atoms with E-state index in [1.54, 1.807) is 12.1 Å². The van der Waals surface area contributed by atoms with E-state index in [2.05, 4.69) is 0 Å². The molecule has 4 aliphatic heterocycles. The van der Waals surface area contributed by atoms with Crippen molar-refractivity contribution in [1.82, 2.24) is 9.80 Å². The molecule has 3 saturated heterocycles. The second kappa shape index (κ2) is 4.82. The molecule has 116 valence electrons. The van der Waals surface area contributed by atoms with Crippen LogP contribution in [0.3, 0.4) is 0 Å². The third-order valence-electron chi connectivity index (χ3n) is 5.35. The standard InChI is InChI=1S/C19H24N2O/c22-19-16-6-2-4-14-3-1-5-15(18(14)16)11-21(19)17-12-20-9-7-13(17)8-10-20/h2,4,6,13,15,17H,1,3,5,7-12H2/t15-,17-/m1/s1/i7D2,9D2,11D2,15D/t13-,15-,17-. The summed E-state index contributed by atoms with van der Waals surface area (Å²) < 4.78 is 60.3. The quantitative estimate of drug-likeness (QED) is 0.796. The van der Waals surface area contributed by atoms with Gasteiger partial charge in [0.15, 0.2) is 0 Å². The molecule has 1 unspecified atom stereocenters. The summed E-state index contributed by atoms with van der Waals surface area (Å²) in [5.41, 5.74) is 1.67. The van der Waals surface area contributed by atoms with Gasteiger partial charge < -0.3 is 9.80 Å². The number of aryl methyl sites for hydroxylation is 1. The van der Waals surface area contributed by atoms with Crippen LogP contribution in [0.4, 0.5) is 0 Å². The summed E-state index contributed by atoms with van der Waals surface area (Å²) in [5.74, 6) is -2.94. The molecule has 3 heteroatoms. The van der Waals surface area contributed by atoms with E-state index in [1.807, 2.05) is 6.07 Å². The summed E-state index contributed by atoms with van der Waals surface area (Å²) in [6.45, 7) is -4.01. The van der Waals surface area contributed by atoms with Crippen LogP contribution in [0, 0.1) is 5.92 Å². The number of nitrogens with zero attached hydrogens (tertiary/aromatic N) is 2. The maximum Gasteiger partial charge on any atom is 0.254 e. The van der Waals surface area contributed by atoms with Gasteiger partial charge in [-0.1, -0.05) is 12.1 Å². The molecule has 1 aromatic rings. The molecule has 3 fully saturated rings. The lowest BCUT2D eigenvalue weighted by atomic mass is 9.75. The predicted molar refractivity (Wildman–Crippen MR) is 86.1 cm³/mol. The maximum absolute atomic E-state index is 13.5. The van der Waals surface area contributed by atoms with Crippen molar-refractivity contribution in [2.45, 2.75) is 44.0 Å². The summed E-state index contributed by atoms with van der Waals surface area (Å²) in [4.78, 5) is 16.0. The molecule has 0 N–H and O–H groups in total. The zero-order chi connectivity index (χ0) is 21.0. The second-order valence-corrected chi connectivity index (χ2v) is 6.62. The first kappa shape index (κ1) is 7.96. The number of benzene rings is 1. The first-order chi connectivity index (χ1) is 13.4. The van der Waals surface area contributed by atoms with Crippen molar-refractivity contribution in [3.8, 4) is 0 Å². The highest BCUT2D eigenvalue weighted by Crippen LogP contribution is 2.41. The van der Waals surface area contributed by atoms with Crippen LogP contribution in [0.15, 0.2) is 18.2 Å². The minimum absolute atomic E-state index is 0.0769. The van der Waals surface area contributed by atoms with Gasteiger partial charge >= 0.3 is 0 Å². The number of hydrogen-bond acceptors (Lipinski definition) is 2. The third kappa shape index (κ3) is 1.81. The fraction of sp³-hybridized carbons (Fsp3) is 0.632. The van der Waals surface area contributed by atoms with Crippen molar-refractivity contribution in [3.05, 3.63) is 34.9 Å². The molecule has 4 heterocycles. The maximum atomic E-state index is 13.5. The van der Waals surface area contributed by atoms with Crippen LogP contribution in [0.2, 0.25) is 0 Å². The zero-order valence-corrected chi connectivity index (χ0v) is 12.4. The van der Waals surface area contributed by atoms with Crippen molar-refractivity contribution >= 4 is 5.91 Å². The topological polar surface area (TPSA) is 23.6 Å². The van der Waals surface area contributed by atoms with Gasteiger partial charge in [0.25, 0.3) is 5.91 Å². The van der Waals surface area contributed by atoms with Crippen molar-refractivity contribution in [1.29, 1.82) is 0 Å². The minimum Gasteiger partial charge on any atom is -0.333 e. The number of hydrogen-bond donors (Lipinski definition) is 0. The monoisotopic (exact) mass is 303 g/mol. The SMILES string of the molecule is [2H]C1([2H])[C@@H]2CCN(C[C@H]2N2C(=O)c3cccc4c3[C@]([2H])(CCC4)C2([2H])[2H])C1([2H])[2H]. The summed E-state index contributed by atoms with van der Waals surface area (Å²) in [6.07, 6.45) is -0.188. The molecule has 2 bridgehead atoms. The Balaban J connectivity index is 1.67. The third-order valence-corrected chi connectivity index (χ3v) is 5.35. The van der Waals surface area contributed by atoms with Gasteiger partial charge in [-0.05, 0) is 68.2 Å². The highest BCUT2D eigenvalue weighted by molar-refractivity contribution is 5.97. The first-order valence-electron chi connectivity index (χ1n) is 11.7. The average Bonchev–Trinajstić information content (AvgIpc) is 2.65. The van der Waals surface area contributed by atoms with Gasteiger partial charge in [0.2, 0.25) is 0 Å². The fourth-order valence-corrected chi connectivity index (χ4v) is 4.23. The van der Waals surface area contributed by atoms with E-state index in [9.17, 15) is 4.79 Å². The number of amides is 1. The Morgan fingerprint density at radius 1 is 1.32 bits per heavy atom. The van der Waals surface area contributed by atoms with Crippen LogP contribution in [0.5, 0.6) is 0 Å². The van der Waals surface area contributed by atoms with Crippen molar-refractivity contribution in [2.75, 3.05) is 26.1 Å². The number of piperidine rings is 3. The lowest BCUT2D eigenvalue weighted by molar-refractivity contribution is 0.00258. The van der Waals surface area contributed by atoms with Crippen LogP contribution in [0.25, 0.3) is 0 Å². The lowest BCUT2D eigenvalue weighted by Gasteiger charge is -2.51. The molecular weight excluding hydrogens is 272 g/mol. The van der Waals surface area contributed by atoms with Gasteiger partial charge in [-0.15, -0.1) is 0 Å². The van der Waals surface area contributed by atoms with Crippen molar-refractivity contribution in [3.63, 3.8) is 0 Å². The molecule has 0 saturated carbocycles. The Hall–Kier alpha value is -1.35. The number of fused-ring (bicyclic) bond motifs is 3. The van der Waals surface area contributed by atoms with E-state index in [0.29, 0.717) is 36.9 Å². The van der Waals surface area contributed by atoms with Crippen molar-refractivity contribution in [2.24, 2.45) is 5.92 Å². The van der Waals surface area contributed by atoms with Crippen molar-refractivity contribution < 1.29 is 14.4 Å². The smallest absolute Gasteiger partial charge is 0.254 e. The Kier molecular flexibility index (Phi) is 1.74. The fourth-order valence-electron chi connectivity index (χ4n) is 4.23. The van der Waals surface area contributed by atoms with E-state index in [4.69, 9.17) is 9.60 Å². The average molecular weight is 303 g/mol. The Bertz CT molecular complexity index is 905. The summed E-state index contributed by atoms with van der Waals surface area (Å²) in [5, 5.41) is 0. The summed E-state index contributed by atoms with van der Waals surface area (Å²) in [7, 11) is 0.